The van der Waals surface area contributed by atoms with Gasteiger partial charge in [0, 0.05) is 44.5 Å². The molecule has 3 heterocycles. The fourth-order valence-corrected chi connectivity index (χ4v) is 4.94. The SMILES string of the molecule is O=C(C1CCCCC1)N1CCN(C(=O)C2(n3cccn3)CCNCC2)CC1. The van der Waals surface area contributed by atoms with E-state index in [2.05, 4.69) is 10.4 Å². The molecule has 1 saturated carbocycles. The van der Waals surface area contributed by atoms with Crippen molar-refractivity contribution in [3.05, 3.63) is 18.5 Å². The average molecular weight is 374 g/mol. The fraction of sp³-hybridized carbons (Fsp3) is 0.750. The third kappa shape index (κ3) is 3.61. The molecular formula is C20H31N5O2. The van der Waals surface area contributed by atoms with E-state index in [1.807, 2.05) is 26.7 Å². The summed E-state index contributed by atoms with van der Waals surface area (Å²) in [7, 11) is 0. The molecule has 0 atom stereocenters. The van der Waals surface area contributed by atoms with E-state index < -0.39 is 5.54 Å². The maximum absolute atomic E-state index is 13.5. The summed E-state index contributed by atoms with van der Waals surface area (Å²) in [5.41, 5.74) is -0.579. The van der Waals surface area contributed by atoms with Gasteiger partial charge in [0.25, 0.3) is 5.91 Å². The summed E-state index contributed by atoms with van der Waals surface area (Å²) in [4.78, 5) is 30.2. The van der Waals surface area contributed by atoms with Crippen LogP contribution >= 0.6 is 0 Å². The molecule has 3 fully saturated rings. The van der Waals surface area contributed by atoms with Crippen LogP contribution in [0.15, 0.2) is 18.5 Å². The van der Waals surface area contributed by atoms with Crippen LogP contribution in [0.3, 0.4) is 0 Å². The molecule has 2 amide bonds. The Morgan fingerprint density at radius 3 is 2.26 bits per heavy atom. The minimum Gasteiger partial charge on any atom is -0.339 e. The lowest BCUT2D eigenvalue weighted by molar-refractivity contribution is -0.149. The van der Waals surface area contributed by atoms with E-state index in [1.165, 1.54) is 19.3 Å². The van der Waals surface area contributed by atoms with Crippen molar-refractivity contribution in [1.29, 1.82) is 0 Å². The molecule has 1 aromatic heterocycles. The molecule has 1 aliphatic carbocycles. The van der Waals surface area contributed by atoms with Gasteiger partial charge in [0.2, 0.25) is 5.91 Å². The van der Waals surface area contributed by atoms with Crippen molar-refractivity contribution in [2.24, 2.45) is 5.92 Å². The molecule has 2 aliphatic heterocycles. The molecule has 2 saturated heterocycles. The third-order valence-electron chi connectivity index (χ3n) is 6.60. The molecule has 7 heteroatoms. The van der Waals surface area contributed by atoms with Gasteiger partial charge < -0.3 is 15.1 Å². The van der Waals surface area contributed by atoms with E-state index in [-0.39, 0.29) is 11.8 Å². The van der Waals surface area contributed by atoms with Crippen molar-refractivity contribution in [3.63, 3.8) is 0 Å². The predicted octanol–water partition coefficient (Wildman–Crippen LogP) is 1.21. The maximum atomic E-state index is 13.5. The van der Waals surface area contributed by atoms with Crippen LogP contribution in [-0.4, -0.2) is 70.7 Å². The minimum absolute atomic E-state index is 0.164. The lowest BCUT2D eigenvalue weighted by atomic mass is 9.86. The summed E-state index contributed by atoms with van der Waals surface area (Å²) < 4.78 is 1.86. The number of hydrogen-bond acceptors (Lipinski definition) is 4. The molecule has 148 valence electrons. The van der Waals surface area contributed by atoms with E-state index in [9.17, 15) is 9.59 Å². The Hall–Kier alpha value is -1.89. The van der Waals surface area contributed by atoms with Crippen LogP contribution in [0.25, 0.3) is 0 Å². The van der Waals surface area contributed by atoms with Crippen LogP contribution < -0.4 is 5.32 Å². The first kappa shape index (κ1) is 18.5. The second kappa shape index (κ2) is 8.00. The largest absolute Gasteiger partial charge is 0.339 e. The first-order valence-corrected chi connectivity index (χ1v) is 10.5. The van der Waals surface area contributed by atoms with Gasteiger partial charge in [-0.2, -0.15) is 5.10 Å². The van der Waals surface area contributed by atoms with E-state index in [0.29, 0.717) is 32.1 Å². The lowest BCUT2D eigenvalue weighted by Gasteiger charge is -2.43. The fourth-order valence-electron chi connectivity index (χ4n) is 4.94. The van der Waals surface area contributed by atoms with Crippen LogP contribution in [0.2, 0.25) is 0 Å². The quantitative estimate of drug-likeness (QED) is 0.865. The molecule has 0 unspecified atom stereocenters. The molecular weight excluding hydrogens is 342 g/mol. The van der Waals surface area contributed by atoms with Crippen molar-refractivity contribution in [3.8, 4) is 0 Å². The van der Waals surface area contributed by atoms with Crippen LogP contribution in [0.5, 0.6) is 0 Å². The van der Waals surface area contributed by atoms with Crippen LogP contribution in [0.4, 0.5) is 0 Å². The molecule has 0 radical (unpaired) electrons. The zero-order chi connectivity index (χ0) is 18.7. The Labute approximate surface area is 161 Å². The number of hydrogen-bond donors (Lipinski definition) is 1. The van der Waals surface area contributed by atoms with Crippen molar-refractivity contribution in [2.75, 3.05) is 39.3 Å². The first-order valence-electron chi connectivity index (χ1n) is 10.5. The maximum Gasteiger partial charge on any atom is 0.250 e. The van der Waals surface area contributed by atoms with E-state index in [0.717, 1.165) is 38.8 Å². The molecule has 27 heavy (non-hydrogen) atoms. The monoisotopic (exact) mass is 373 g/mol. The van der Waals surface area contributed by atoms with Gasteiger partial charge in [0.1, 0.15) is 5.54 Å². The van der Waals surface area contributed by atoms with Crippen LogP contribution in [0.1, 0.15) is 44.9 Å². The zero-order valence-electron chi connectivity index (χ0n) is 16.1. The van der Waals surface area contributed by atoms with Gasteiger partial charge in [-0.15, -0.1) is 0 Å². The Morgan fingerprint density at radius 1 is 0.963 bits per heavy atom. The van der Waals surface area contributed by atoms with Crippen molar-refractivity contribution < 1.29 is 9.59 Å². The van der Waals surface area contributed by atoms with E-state index >= 15 is 0 Å². The smallest absolute Gasteiger partial charge is 0.250 e. The van der Waals surface area contributed by atoms with Gasteiger partial charge in [-0.25, -0.2) is 0 Å². The summed E-state index contributed by atoms with van der Waals surface area (Å²) in [6.07, 6.45) is 10.9. The Kier molecular flexibility index (Phi) is 5.48. The topological polar surface area (TPSA) is 70.5 Å². The number of piperazine rings is 1. The van der Waals surface area contributed by atoms with E-state index in [4.69, 9.17) is 0 Å². The molecule has 0 bridgehead atoms. The summed E-state index contributed by atoms with van der Waals surface area (Å²) in [6.45, 7) is 4.24. The number of aromatic nitrogens is 2. The normalized spacial score (nSPS) is 24.0. The number of nitrogens with zero attached hydrogens (tertiary/aromatic N) is 4. The number of amides is 2. The molecule has 0 aromatic carbocycles. The number of carbonyl (C=O) groups excluding carboxylic acids is 2. The van der Waals surface area contributed by atoms with Gasteiger partial charge in [-0.3, -0.25) is 14.3 Å². The molecule has 0 spiro atoms. The van der Waals surface area contributed by atoms with Crippen LogP contribution in [0, 0.1) is 5.92 Å². The highest BCUT2D eigenvalue weighted by Crippen LogP contribution is 2.30. The second-order valence-corrected chi connectivity index (χ2v) is 8.18. The van der Waals surface area contributed by atoms with Crippen LogP contribution in [-0.2, 0) is 15.1 Å². The summed E-state index contributed by atoms with van der Waals surface area (Å²) in [5, 5.41) is 7.76. The van der Waals surface area contributed by atoms with Crippen molar-refractivity contribution in [1.82, 2.24) is 24.9 Å². The highest BCUT2D eigenvalue weighted by Gasteiger charge is 2.45. The average Bonchev–Trinajstić information content (AvgIpc) is 3.29. The molecule has 1 aromatic rings. The number of piperidine rings is 1. The van der Waals surface area contributed by atoms with Gasteiger partial charge >= 0.3 is 0 Å². The lowest BCUT2D eigenvalue weighted by Crippen LogP contribution is -2.60. The van der Waals surface area contributed by atoms with Crippen molar-refractivity contribution in [2.45, 2.75) is 50.5 Å². The van der Waals surface area contributed by atoms with Gasteiger partial charge in [0.05, 0.1) is 0 Å². The Morgan fingerprint density at radius 2 is 1.63 bits per heavy atom. The van der Waals surface area contributed by atoms with Gasteiger partial charge in [0.15, 0.2) is 0 Å². The second-order valence-electron chi connectivity index (χ2n) is 8.18. The van der Waals surface area contributed by atoms with Gasteiger partial charge in [-0.1, -0.05) is 19.3 Å². The molecule has 1 N–H and O–H groups in total. The van der Waals surface area contributed by atoms with E-state index in [1.54, 1.807) is 6.20 Å². The summed E-state index contributed by atoms with van der Waals surface area (Å²) in [5.74, 6) is 0.684. The first-order chi connectivity index (χ1) is 13.2. The van der Waals surface area contributed by atoms with Gasteiger partial charge in [-0.05, 0) is 44.8 Å². The predicted molar refractivity (Wildman–Crippen MR) is 102 cm³/mol. The Bertz CT molecular complexity index is 639. The number of rotatable bonds is 3. The van der Waals surface area contributed by atoms with Crippen molar-refractivity contribution >= 4 is 11.8 Å². The molecule has 4 rings (SSSR count). The Balaban J connectivity index is 1.41. The minimum atomic E-state index is -0.579. The molecule has 3 aliphatic rings. The highest BCUT2D eigenvalue weighted by molar-refractivity contribution is 5.85. The third-order valence-corrected chi connectivity index (χ3v) is 6.60. The number of nitrogens with one attached hydrogen (secondary N) is 1. The standard InChI is InChI=1S/C20H31N5O2/c26-18(17-5-2-1-3-6-17)23-13-15-24(16-14-23)19(27)20(7-10-21-11-8-20)25-12-4-9-22-25/h4,9,12,17,21H,1-3,5-8,10-11,13-16H2. The highest BCUT2D eigenvalue weighted by atomic mass is 16.2. The number of carbonyl (C=O) groups is 2. The summed E-state index contributed by atoms with van der Waals surface area (Å²) >= 11 is 0. The zero-order valence-corrected chi connectivity index (χ0v) is 16.1. The molecule has 7 nitrogen and oxygen atoms in total. The summed E-state index contributed by atoms with van der Waals surface area (Å²) in [6, 6.07) is 1.89.